The lowest BCUT2D eigenvalue weighted by Gasteiger charge is -2.41. The third-order valence-corrected chi connectivity index (χ3v) is 5.12. The molecule has 4 rings (SSSR count). The molecule has 1 fully saturated rings. The number of fused-ring (bicyclic) bond motifs is 3. The van der Waals surface area contributed by atoms with Gasteiger partial charge in [-0.3, -0.25) is 19.3 Å². The smallest absolute Gasteiger partial charge is 0.271 e. The molecular formula is C19H16ClN3O4. The van der Waals surface area contributed by atoms with Crippen molar-refractivity contribution in [2.75, 3.05) is 17.3 Å². The zero-order chi connectivity index (χ0) is 19.2. The Morgan fingerprint density at radius 2 is 2.04 bits per heavy atom. The van der Waals surface area contributed by atoms with Gasteiger partial charge < -0.3 is 15.4 Å². The second-order valence-corrected chi connectivity index (χ2v) is 6.77. The van der Waals surface area contributed by atoms with E-state index in [4.69, 9.17) is 16.3 Å². The molecule has 0 radical (unpaired) electrons. The van der Waals surface area contributed by atoms with E-state index in [-0.39, 0.29) is 24.7 Å². The Kier molecular flexibility index (Phi) is 4.04. The maximum Gasteiger partial charge on any atom is 0.271 e. The molecule has 2 aromatic carbocycles. The molecule has 2 aromatic rings. The highest BCUT2D eigenvalue weighted by atomic mass is 35.5. The van der Waals surface area contributed by atoms with E-state index in [0.717, 1.165) is 0 Å². The zero-order valence-corrected chi connectivity index (χ0v) is 15.2. The molecule has 2 aliphatic heterocycles. The average molecular weight is 386 g/mol. The number of hydrogen-bond donors (Lipinski definition) is 2. The van der Waals surface area contributed by atoms with Crippen LogP contribution >= 0.6 is 11.6 Å². The van der Waals surface area contributed by atoms with Crippen molar-refractivity contribution in [2.45, 2.75) is 18.5 Å². The van der Waals surface area contributed by atoms with Crippen LogP contribution in [-0.2, 0) is 9.59 Å². The number of ether oxygens (including phenoxy) is 1. The monoisotopic (exact) mass is 385 g/mol. The lowest BCUT2D eigenvalue weighted by Crippen LogP contribution is -2.68. The molecule has 3 amide bonds. The summed E-state index contributed by atoms with van der Waals surface area (Å²) in [6.45, 7) is 0. The van der Waals surface area contributed by atoms with Gasteiger partial charge in [-0.25, -0.2) is 0 Å². The minimum absolute atomic E-state index is 0.158. The van der Waals surface area contributed by atoms with Crippen LogP contribution in [0.4, 0.5) is 11.4 Å². The minimum atomic E-state index is -1.46. The molecule has 0 unspecified atom stereocenters. The van der Waals surface area contributed by atoms with Gasteiger partial charge in [0.05, 0.1) is 23.4 Å². The van der Waals surface area contributed by atoms with Crippen LogP contribution in [0.15, 0.2) is 42.5 Å². The highest BCUT2D eigenvalue weighted by molar-refractivity contribution is 6.32. The number of hydrogen-bond acceptors (Lipinski definition) is 4. The molecule has 1 atom stereocenters. The van der Waals surface area contributed by atoms with Crippen molar-refractivity contribution in [3.63, 3.8) is 0 Å². The number of benzene rings is 2. The van der Waals surface area contributed by atoms with E-state index in [1.807, 2.05) is 0 Å². The number of para-hydroxylation sites is 1. The van der Waals surface area contributed by atoms with Gasteiger partial charge in [-0.15, -0.1) is 0 Å². The Morgan fingerprint density at radius 3 is 2.78 bits per heavy atom. The number of carbonyl (C=O) groups excluding carboxylic acids is 3. The molecule has 0 saturated carbocycles. The van der Waals surface area contributed by atoms with Gasteiger partial charge in [-0.2, -0.15) is 0 Å². The van der Waals surface area contributed by atoms with Crippen LogP contribution in [0.5, 0.6) is 5.75 Å². The summed E-state index contributed by atoms with van der Waals surface area (Å²) in [5.41, 5.74) is -0.225. The van der Waals surface area contributed by atoms with Crippen LogP contribution in [0.25, 0.3) is 0 Å². The van der Waals surface area contributed by atoms with Crippen molar-refractivity contribution in [3.05, 3.63) is 53.1 Å². The second kappa shape index (κ2) is 6.28. The summed E-state index contributed by atoms with van der Waals surface area (Å²) in [6, 6.07) is 11.6. The molecule has 2 aliphatic rings. The van der Waals surface area contributed by atoms with E-state index < -0.39 is 11.6 Å². The minimum Gasteiger partial charge on any atom is -0.495 e. The number of anilines is 2. The van der Waals surface area contributed by atoms with Gasteiger partial charge in [0.25, 0.3) is 11.8 Å². The summed E-state index contributed by atoms with van der Waals surface area (Å²) in [6.07, 6.45) is 0.340. The molecule has 1 saturated heterocycles. The molecule has 138 valence electrons. The summed E-state index contributed by atoms with van der Waals surface area (Å²) in [5, 5.41) is 5.82. The van der Waals surface area contributed by atoms with Crippen LogP contribution in [0, 0.1) is 0 Å². The van der Waals surface area contributed by atoms with Crippen molar-refractivity contribution in [3.8, 4) is 5.75 Å². The Morgan fingerprint density at radius 1 is 1.26 bits per heavy atom. The highest BCUT2D eigenvalue weighted by Crippen LogP contribution is 2.40. The maximum atomic E-state index is 13.1. The molecule has 2 N–H and O–H groups in total. The maximum absolute atomic E-state index is 13.1. The van der Waals surface area contributed by atoms with Gasteiger partial charge in [0, 0.05) is 18.5 Å². The molecule has 27 heavy (non-hydrogen) atoms. The van der Waals surface area contributed by atoms with E-state index in [1.165, 1.54) is 12.0 Å². The van der Waals surface area contributed by atoms with Gasteiger partial charge in [0.15, 0.2) is 0 Å². The predicted octanol–water partition coefficient (Wildman–Crippen LogP) is 2.55. The fraction of sp³-hybridized carbons (Fsp3) is 0.211. The van der Waals surface area contributed by atoms with E-state index in [1.54, 1.807) is 42.5 Å². The first-order valence-corrected chi connectivity index (χ1v) is 8.74. The zero-order valence-electron chi connectivity index (χ0n) is 14.4. The predicted molar refractivity (Wildman–Crippen MR) is 100.0 cm³/mol. The van der Waals surface area contributed by atoms with Gasteiger partial charge in [0.2, 0.25) is 11.6 Å². The molecule has 7 nitrogen and oxygen atoms in total. The van der Waals surface area contributed by atoms with Gasteiger partial charge in [-0.1, -0.05) is 23.7 Å². The first kappa shape index (κ1) is 17.4. The van der Waals surface area contributed by atoms with Crippen molar-refractivity contribution in [1.29, 1.82) is 0 Å². The SMILES string of the molecule is COc1ccc(NC(=O)[C@]23CCC(=O)N2c2ccccc2C(=O)N3)cc1Cl. The lowest BCUT2D eigenvalue weighted by molar-refractivity contribution is -0.124. The molecule has 0 aliphatic carbocycles. The van der Waals surface area contributed by atoms with Crippen LogP contribution in [0.1, 0.15) is 23.2 Å². The van der Waals surface area contributed by atoms with Gasteiger partial charge in [-0.05, 0) is 30.3 Å². The molecule has 0 spiro atoms. The normalized spacial score (nSPS) is 20.6. The van der Waals surface area contributed by atoms with Gasteiger partial charge >= 0.3 is 0 Å². The van der Waals surface area contributed by atoms with Gasteiger partial charge in [0.1, 0.15) is 5.75 Å². The number of rotatable bonds is 3. The third-order valence-electron chi connectivity index (χ3n) is 4.83. The first-order chi connectivity index (χ1) is 13.0. The Labute approximate surface area is 160 Å². The van der Waals surface area contributed by atoms with Crippen molar-refractivity contribution in [1.82, 2.24) is 5.32 Å². The van der Waals surface area contributed by atoms with Crippen LogP contribution < -0.4 is 20.3 Å². The first-order valence-electron chi connectivity index (χ1n) is 8.36. The third kappa shape index (κ3) is 2.62. The van der Waals surface area contributed by atoms with E-state index >= 15 is 0 Å². The molecule has 0 aromatic heterocycles. The number of nitrogens with zero attached hydrogens (tertiary/aromatic N) is 1. The Bertz CT molecular complexity index is 977. The van der Waals surface area contributed by atoms with Crippen LogP contribution in [0.3, 0.4) is 0 Å². The van der Waals surface area contributed by atoms with Crippen molar-refractivity contribution in [2.24, 2.45) is 0 Å². The summed E-state index contributed by atoms with van der Waals surface area (Å²) in [7, 11) is 1.50. The molecule has 8 heteroatoms. The molecule has 2 heterocycles. The Balaban J connectivity index is 1.71. The highest BCUT2D eigenvalue weighted by Gasteiger charge is 2.56. The fourth-order valence-electron chi connectivity index (χ4n) is 3.55. The summed E-state index contributed by atoms with van der Waals surface area (Å²) in [4.78, 5) is 39.6. The summed E-state index contributed by atoms with van der Waals surface area (Å²) < 4.78 is 5.10. The van der Waals surface area contributed by atoms with E-state index in [9.17, 15) is 14.4 Å². The van der Waals surface area contributed by atoms with E-state index in [0.29, 0.717) is 27.7 Å². The summed E-state index contributed by atoms with van der Waals surface area (Å²) >= 11 is 6.11. The number of amides is 3. The lowest BCUT2D eigenvalue weighted by atomic mass is 9.98. The summed E-state index contributed by atoms with van der Waals surface area (Å²) in [5.74, 6) is -0.632. The molecular weight excluding hydrogens is 370 g/mol. The number of nitrogens with one attached hydrogen (secondary N) is 2. The van der Waals surface area contributed by atoms with Crippen LogP contribution in [-0.4, -0.2) is 30.5 Å². The Hall–Kier alpha value is -3.06. The van der Waals surface area contributed by atoms with Crippen molar-refractivity contribution >= 4 is 40.7 Å². The number of halogens is 1. The average Bonchev–Trinajstić information content (AvgIpc) is 3.00. The topological polar surface area (TPSA) is 87.7 Å². The fourth-order valence-corrected chi connectivity index (χ4v) is 3.81. The number of methoxy groups -OCH3 is 1. The quantitative estimate of drug-likeness (QED) is 0.850. The standard InChI is InChI=1S/C19H16ClN3O4/c1-27-15-7-6-11(10-13(15)20)21-18(26)19-9-8-16(24)23(19)14-5-3-2-4-12(14)17(25)22-19/h2-7,10H,8-9H2,1H3,(H,21,26)(H,22,25)/t19-/m0/s1. The molecule has 0 bridgehead atoms. The van der Waals surface area contributed by atoms with Crippen molar-refractivity contribution < 1.29 is 19.1 Å². The van der Waals surface area contributed by atoms with Crippen LogP contribution in [0.2, 0.25) is 5.02 Å². The largest absolute Gasteiger partial charge is 0.495 e. The van der Waals surface area contributed by atoms with E-state index in [2.05, 4.69) is 10.6 Å². The number of carbonyl (C=O) groups is 3. The second-order valence-electron chi connectivity index (χ2n) is 6.36.